The Labute approximate surface area is 191 Å². The quantitative estimate of drug-likeness (QED) is 0.427. The molecule has 0 aliphatic carbocycles. The zero-order valence-corrected chi connectivity index (χ0v) is 18.8. The third-order valence-electron chi connectivity index (χ3n) is 5.62. The smallest absolute Gasteiger partial charge is 0.257 e. The van der Waals surface area contributed by atoms with E-state index in [1.54, 1.807) is 38.4 Å². The minimum atomic E-state index is -0.117. The van der Waals surface area contributed by atoms with Gasteiger partial charge in [0, 0.05) is 28.2 Å². The van der Waals surface area contributed by atoms with Crippen LogP contribution in [0.2, 0.25) is 5.02 Å². The van der Waals surface area contributed by atoms with E-state index in [1.807, 2.05) is 36.4 Å². The van der Waals surface area contributed by atoms with Crippen LogP contribution in [0.25, 0.3) is 5.65 Å². The fourth-order valence-electron chi connectivity index (χ4n) is 4.05. The Balaban J connectivity index is 1.53. The first kappa shape index (κ1) is 20.0. The Kier molecular flexibility index (Phi) is 5.16. The van der Waals surface area contributed by atoms with Crippen molar-refractivity contribution in [2.75, 3.05) is 6.54 Å². The zero-order valence-electron chi connectivity index (χ0n) is 16.5. The molecule has 1 aliphatic rings. The summed E-state index contributed by atoms with van der Waals surface area (Å²) in [4.78, 5) is 28.2. The lowest BCUT2D eigenvalue weighted by molar-refractivity contribution is 0.0729. The SMILES string of the molecule is O=C(c1ccc(Br)c(Cl)c1)N1CCc2c(n3nccc3n(Cc3ccccc3)c2=O)C1. The third kappa shape index (κ3) is 3.58. The highest BCUT2D eigenvalue weighted by molar-refractivity contribution is 9.10. The van der Waals surface area contributed by atoms with E-state index in [-0.39, 0.29) is 11.5 Å². The number of benzene rings is 2. The Bertz CT molecular complexity index is 1360. The second kappa shape index (κ2) is 7.98. The van der Waals surface area contributed by atoms with Crippen LogP contribution in [0.3, 0.4) is 0 Å². The van der Waals surface area contributed by atoms with Crippen molar-refractivity contribution >= 4 is 39.1 Å². The number of hydrogen-bond acceptors (Lipinski definition) is 3. The van der Waals surface area contributed by atoms with Crippen molar-refractivity contribution in [3.05, 3.63) is 103 Å². The molecule has 3 heterocycles. The standard InChI is InChI=1S/C23H18BrClN4O2/c24-18-7-6-16(12-19(18)25)22(30)27-11-9-17-20(14-27)29-21(8-10-26-29)28(23(17)31)13-15-4-2-1-3-5-15/h1-8,10,12H,9,11,13-14H2. The normalized spacial score (nSPS) is 13.4. The summed E-state index contributed by atoms with van der Waals surface area (Å²) in [5.41, 5.74) is 3.74. The monoisotopic (exact) mass is 496 g/mol. The molecule has 8 heteroatoms. The Morgan fingerprint density at radius 1 is 1.13 bits per heavy atom. The molecule has 2 aromatic heterocycles. The molecule has 0 spiro atoms. The second-order valence-electron chi connectivity index (χ2n) is 7.51. The van der Waals surface area contributed by atoms with Gasteiger partial charge >= 0.3 is 0 Å². The lowest BCUT2D eigenvalue weighted by atomic mass is 10.0. The topological polar surface area (TPSA) is 59.6 Å². The number of fused-ring (bicyclic) bond motifs is 3. The van der Waals surface area contributed by atoms with Crippen molar-refractivity contribution < 1.29 is 4.79 Å². The van der Waals surface area contributed by atoms with Crippen LogP contribution in [0.15, 0.2) is 70.1 Å². The maximum absolute atomic E-state index is 13.4. The lowest BCUT2D eigenvalue weighted by Crippen LogP contribution is -2.41. The molecule has 6 nitrogen and oxygen atoms in total. The fraction of sp³-hybridized carbons (Fsp3) is 0.174. The molecule has 1 amide bonds. The summed E-state index contributed by atoms with van der Waals surface area (Å²) in [6, 6.07) is 16.9. The molecule has 0 bridgehead atoms. The first-order chi connectivity index (χ1) is 15.0. The van der Waals surface area contributed by atoms with Gasteiger partial charge in [-0.1, -0.05) is 41.9 Å². The Morgan fingerprint density at radius 2 is 1.94 bits per heavy atom. The molecule has 1 aliphatic heterocycles. The summed E-state index contributed by atoms with van der Waals surface area (Å²) in [6.45, 7) is 1.26. The highest BCUT2D eigenvalue weighted by atomic mass is 79.9. The molecular formula is C23H18BrClN4O2. The third-order valence-corrected chi connectivity index (χ3v) is 6.85. The first-order valence-electron chi connectivity index (χ1n) is 9.89. The molecule has 0 saturated heterocycles. The van der Waals surface area contributed by atoms with Crippen molar-refractivity contribution in [1.29, 1.82) is 0 Å². The van der Waals surface area contributed by atoms with E-state index in [0.29, 0.717) is 47.9 Å². The number of rotatable bonds is 3. The molecule has 0 fully saturated rings. The maximum Gasteiger partial charge on any atom is 0.257 e. The second-order valence-corrected chi connectivity index (χ2v) is 8.77. The van der Waals surface area contributed by atoms with E-state index in [1.165, 1.54) is 0 Å². The average Bonchev–Trinajstić information content (AvgIpc) is 3.28. The molecule has 0 saturated carbocycles. The highest BCUT2D eigenvalue weighted by Crippen LogP contribution is 2.25. The molecule has 4 aromatic rings. The highest BCUT2D eigenvalue weighted by Gasteiger charge is 2.27. The summed E-state index contributed by atoms with van der Waals surface area (Å²) in [5, 5.41) is 4.95. The van der Waals surface area contributed by atoms with E-state index < -0.39 is 0 Å². The van der Waals surface area contributed by atoms with Gasteiger partial charge in [-0.15, -0.1) is 0 Å². The zero-order chi connectivity index (χ0) is 21.5. The van der Waals surface area contributed by atoms with Gasteiger partial charge in [0.1, 0.15) is 5.65 Å². The maximum atomic E-state index is 13.4. The van der Waals surface area contributed by atoms with Crippen LogP contribution in [0.1, 0.15) is 27.2 Å². The average molecular weight is 498 g/mol. The Morgan fingerprint density at radius 3 is 2.71 bits per heavy atom. The van der Waals surface area contributed by atoms with Crippen molar-refractivity contribution in [2.24, 2.45) is 0 Å². The van der Waals surface area contributed by atoms with Crippen LogP contribution in [0, 0.1) is 0 Å². The van der Waals surface area contributed by atoms with Gasteiger partial charge < -0.3 is 4.90 Å². The van der Waals surface area contributed by atoms with Gasteiger partial charge in [0.2, 0.25) is 0 Å². The number of amides is 1. The molecular weight excluding hydrogens is 480 g/mol. The van der Waals surface area contributed by atoms with Gasteiger partial charge in [-0.3, -0.25) is 14.2 Å². The van der Waals surface area contributed by atoms with E-state index in [9.17, 15) is 9.59 Å². The molecule has 5 rings (SSSR count). The molecule has 2 aromatic carbocycles. The van der Waals surface area contributed by atoms with Gasteiger partial charge in [-0.2, -0.15) is 5.10 Å². The van der Waals surface area contributed by atoms with Crippen LogP contribution in [-0.2, 0) is 19.5 Å². The molecule has 156 valence electrons. The minimum Gasteiger partial charge on any atom is -0.332 e. The van der Waals surface area contributed by atoms with Gasteiger partial charge in [0.25, 0.3) is 11.5 Å². The number of hydrogen-bond donors (Lipinski definition) is 0. The molecule has 0 radical (unpaired) electrons. The molecule has 0 unspecified atom stereocenters. The van der Waals surface area contributed by atoms with Crippen molar-refractivity contribution in [2.45, 2.75) is 19.5 Å². The van der Waals surface area contributed by atoms with Gasteiger partial charge in [-0.25, -0.2) is 4.52 Å². The van der Waals surface area contributed by atoms with E-state index in [4.69, 9.17) is 11.6 Å². The van der Waals surface area contributed by atoms with Crippen LogP contribution in [0.4, 0.5) is 0 Å². The van der Waals surface area contributed by atoms with E-state index in [0.717, 1.165) is 15.7 Å². The van der Waals surface area contributed by atoms with Gasteiger partial charge in [0.05, 0.1) is 30.0 Å². The first-order valence-corrected chi connectivity index (χ1v) is 11.1. The fourth-order valence-corrected chi connectivity index (χ4v) is 4.48. The van der Waals surface area contributed by atoms with Crippen LogP contribution >= 0.6 is 27.5 Å². The van der Waals surface area contributed by atoms with Crippen LogP contribution in [0.5, 0.6) is 0 Å². The molecule has 0 N–H and O–H groups in total. The largest absolute Gasteiger partial charge is 0.332 e. The summed E-state index contributed by atoms with van der Waals surface area (Å²) >= 11 is 9.52. The predicted molar refractivity (Wildman–Crippen MR) is 123 cm³/mol. The number of carbonyl (C=O) groups excluding carboxylic acids is 1. The van der Waals surface area contributed by atoms with Crippen molar-refractivity contribution in [3.63, 3.8) is 0 Å². The van der Waals surface area contributed by atoms with Crippen molar-refractivity contribution in [1.82, 2.24) is 19.1 Å². The van der Waals surface area contributed by atoms with Gasteiger partial charge in [-0.05, 0) is 46.1 Å². The number of aromatic nitrogens is 3. The summed E-state index contributed by atoms with van der Waals surface area (Å²) in [7, 11) is 0. The summed E-state index contributed by atoms with van der Waals surface area (Å²) in [5.74, 6) is -0.117. The summed E-state index contributed by atoms with van der Waals surface area (Å²) in [6.07, 6.45) is 2.17. The van der Waals surface area contributed by atoms with E-state index >= 15 is 0 Å². The Hall–Kier alpha value is -2.90. The van der Waals surface area contributed by atoms with Crippen LogP contribution in [-0.4, -0.2) is 31.5 Å². The molecule has 31 heavy (non-hydrogen) atoms. The van der Waals surface area contributed by atoms with E-state index in [2.05, 4.69) is 21.0 Å². The number of halogens is 2. The predicted octanol–water partition coefficient (Wildman–Crippen LogP) is 4.16. The number of carbonyl (C=O) groups is 1. The van der Waals surface area contributed by atoms with Gasteiger partial charge in [0.15, 0.2) is 0 Å². The molecule has 0 atom stereocenters. The minimum absolute atomic E-state index is 0.0226. The van der Waals surface area contributed by atoms with Crippen LogP contribution < -0.4 is 5.56 Å². The number of nitrogens with zero attached hydrogens (tertiary/aromatic N) is 4. The summed E-state index contributed by atoms with van der Waals surface area (Å²) < 4.78 is 4.28. The van der Waals surface area contributed by atoms with Crippen molar-refractivity contribution in [3.8, 4) is 0 Å². The lowest BCUT2D eigenvalue weighted by Gasteiger charge is -2.29.